The predicted molar refractivity (Wildman–Crippen MR) is 74.9 cm³/mol. The van der Waals surface area contributed by atoms with Crippen molar-refractivity contribution in [2.24, 2.45) is 5.92 Å². The molecule has 1 aromatic rings. The molecule has 0 radical (unpaired) electrons. The van der Waals surface area contributed by atoms with Crippen LogP contribution in [-0.2, 0) is 9.59 Å². The topological polar surface area (TPSA) is 49.4 Å². The van der Waals surface area contributed by atoms with Gasteiger partial charge in [0.2, 0.25) is 11.8 Å². The van der Waals surface area contributed by atoms with Crippen LogP contribution in [0.25, 0.3) is 0 Å². The number of para-hydroxylation sites is 1. The number of anilines is 1. The van der Waals surface area contributed by atoms with E-state index in [9.17, 15) is 9.59 Å². The highest BCUT2D eigenvalue weighted by Gasteiger charge is 2.32. The van der Waals surface area contributed by atoms with E-state index in [1.807, 2.05) is 45.0 Å². The molecule has 0 spiro atoms. The molecule has 1 fully saturated rings. The molecule has 1 aliphatic rings. The first kappa shape index (κ1) is 13.6. The van der Waals surface area contributed by atoms with Gasteiger partial charge in [-0.15, -0.1) is 0 Å². The average Bonchev–Trinajstić information content (AvgIpc) is 2.51. The van der Waals surface area contributed by atoms with Gasteiger partial charge in [-0.1, -0.05) is 32.0 Å². The molecule has 2 amide bonds. The fraction of sp³-hybridized carbons (Fsp3) is 0.467. The molecule has 1 aromatic carbocycles. The Bertz CT molecular complexity index is 497. The average molecular weight is 260 g/mol. The van der Waals surface area contributed by atoms with E-state index in [-0.39, 0.29) is 17.7 Å². The van der Waals surface area contributed by atoms with Crippen LogP contribution in [-0.4, -0.2) is 24.4 Å². The summed E-state index contributed by atoms with van der Waals surface area (Å²) in [7, 11) is 0. The zero-order valence-corrected chi connectivity index (χ0v) is 11.6. The molecule has 4 heteroatoms. The van der Waals surface area contributed by atoms with Gasteiger partial charge in [-0.3, -0.25) is 9.59 Å². The van der Waals surface area contributed by atoms with Gasteiger partial charge in [-0.25, -0.2) is 0 Å². The zero-order chi connectivity index (χ0) is 14.0. The lowest BCUT2D eigenvalue weighted by Gasteiger charge is -2.27. The van der Waals surface area contributed by atoms with Gasteiger partial charge in [0.1, 0.15) is 6.04 Å². The van der Waals surface area contributed by atoms with Crippen molar-refractivity contribution < 1.29 is 9.59 Å². The number of nitrogens with zero attached hydrogens (tertiary/aromatic N) is 1. The van der Waals surface area contributed by atoms with Gasteiger partial charge in [0.15, 0.2) is 0 Å². The van der Waals surface area contributed by atoms with Crippen LogP contribution in [0.5, 0.6) is 0 Å². The molecule has 1 heterocycles. The van der Waals surface area contributed by atoms with Crippen molar-refractivity contribution in [3.63, 3.8) is 0 Å². The van der Waals surface area contributed by atoms with Gasteiger partial charge in [-0.05, 0) is 24.5 Å². The van der Waals surface area contributed by atoms with Crippen molar-refractivity contribution in [3.05, 3.63) is 29.8 Å². The summed E-state index contributed by atoms with van der Waals surface area (Å²) < 4.78 is 0. The monoisotopic (exact) mass is 260 g/mol. The Morgan fingerprint density at radius 3 is 2.58 bits per heavy atom. The predicted octanol–water partition coefficient (Wildman–Crippen LogP) is 1.87. The summed E-state index contributed by atoms with van der Waals surface area (Å²) in [6, 6.07) is 7.34. The summed E-state index contributed by atoms with van der Waals surface area (Å²) in [5.74, 6) is 0.0133. The van der Waals surface area contributed by atoms with E-state index in [1.54, 1.807) is 4.90 Å². The fourth-order valence-electron chi connectivity index (χ4n) is 2.36. The number of hydrogen-bond acceptors (Lipinski definition) is 2. The maximum atomic E-state index is 12.6. The lowest BCUT2D eigenvalue weighted by molar-refractivity contribution is -0.126. The molecule has 1 atom stereocenters. The number of amides is 2. The van der Waals surface area contributed by atoms with Crippen LogP contribution in [0.3, 0.4) is 0 Å². The van der Waals surface area contributed by atoms with Crippen LogP contribution in [0.4, 0.5) is 5.69 Å². The third-order valence-corrected chi connectivity index (χ3v) is 3.48. The maximum absolute atomic E-state index is 12.6. The molecule has 0 aromatic heterocycles. The molecule has 0 saturated carbocycles. The minimum atomic E-state index is -0.436. The highest BCUT2D eigenvalue weighted by molar-refractivity contribution is 6.01. The van der Waals surface area contributed by atoms with Crippen molar-refractivity contribution in [1.82, 2.24) is 5.32 Å². The van der Waals surface area contributed by atoms with Crippen molar-refractivity contribution in [1.29, 1.82) is 0 Å². The summed E-state index contributed by atoms with van der Waals surface area (Å²) in [6.45, 7) is 6.32. The second-order valence-corrected chi connectivity index (χ2v) is 5.32. The molecular formula is C15H20N2O2. The van der Waals surface area contributed by atoms with Gasteiger partial charge < -0.3 is 10.2 Å². The molecule has 1 N–H and O–H groups in total. The van der Waals surface area contributed by atoms with Crippen molar-refractivity contribution in [3.8, 4) is 0 Å². The zero-order valence-electron chi connectivity index (χ0n) is 11.6. The molecule has 1 aliphatic heterocycles. The molecule has 19 heavy (non-hydrogen) atoms. The van der Waals surface area contributed by atoms with Crippen LogP contribution in [0.15, 0.2) is 24.3 Å². The Morgan fingerprint density at radius 1 is 1.26 bits per heavy atom. The number of nitrogens with one attached hydrogen (secondary N) is 1. The summed E-state index contributed by atoms with van der Waals surface area (Å²) >= 11 is 0. The Morgan fingerprint density at radius 2 is 1.95 bits per heavy atom. The molecule has 102 valence electrons. The smallest absolute Gasteiger partial charge is 0.249 e. The number of hydrogen-bond donors (Lipinski definition) is 1. The molecule has 0 aliphatic carbocycles. The SMILES string of the molecule is Cc1ccccc1N1CCC(=O)NC(C(C)C)C1=O. The van der Waals surface area contributed by atoms with E-state index in [2.05, 4.69) is 5.32 Å². The minimum Gasteiger partial charge on any atom is -0.344 e. The van der Waals surface area contributed by atoms with Crippen LogP contribution in [0.2, 0.25) is 0 Å². The minimum absolute atomic E-state index is 0.0184. The molecule has 1 unspecified atom stereocenters. The van der Waals surface area contributed by atoms with Gasteiger partial charge >= 0.3 is 0 Å². The standard InChI is InChI=1S/C15H20N2O2/c1-10(2)14-15(19)17(9-8-13(18)16-14)12-7-5-4-6-11(12)3/h4-7,10,14H,8-9H2,1-3H3,(H,16,18). The first-order valence-electron chi connectivity index (χ1n) is 6.67. The van der Waals surface area contributed by atoms with E-state index in [4.69, 9.17) is 0 Å². The fourth-order valence-corrected chi connectivity index (χ4v) is 2.36. The molecule has 1 saturated heterocycles. The Labute approximate surface area is 113 Å². The Hall–Kier alpha value is -1.84. The van der Waals surface area contributed by atoms with Crippen LogP contribution >= 0.6 is 0 Å². The second kappa shape index (κ2) is 5.43. The van der Waals surface area contributed by atoms with Crippen LogP contribution in [0, 0.1) is 12.8 Å². The van der Waals surface area contributed by atoms with Crippen molar-refractivity contribution in [2.75, 3.05) is 11.4 Å². The third-order valence-electron chi connectivity index (χ3n) is 3.48. The van der Waals surface area contributed by atoms with E-state index >= 15 is 0 Å². The highest BCUT2D eigenvalue weighted by atomic mass is 16.2. The number of aryl methyl sites for hydroxylation is 1. The van der Waals surface area contributed by atoms with Crippen molar-refractivity contribution >= 4 is 17.5 Å². The maximum Gasteiger partial charge on any atom is 0.249 e. The number of benzene rings is 1. The summed E-state index contributed by atoms with van der Waals surface area (Å²) in [5, 5.41) is 2.82. The number of carbonyl (C=O) groups excluding carboxylic acids is 2. The van der Waals surface area contributed by atoms with Gasteiger partial charge in [0.25, 0.3) is 0 Å². The van der Waals surface area contributed by atoms with Gasteiger partial charge in [0.05, 0.1) is 0 Å². The first-order chi connectivity index (χ1) is 9.00. The van der Waals surface area contributed by atoms with E-state index in [0.29, 0.717) is 13.0 Å². The Balaban J connectivity index is 2.36. The number of rotatable bonds is 2. The third kappa shape index (κ3) is 2.78. The quantitative estimate of drug-likeness (QED) is 0.882. The summed E-state index contributed by atoms with van der Waals surface area (Å²) in [5.41, 5.74) is 1.95. The summed E-state index contributed by atoms with van der Waals surface area (Å²) in [6.07, 6.45) is 0.350. The van der Waals surface area contributed by atoms with Crippen LogP contribution < -0.4 is 10.2 Å². The highest BCUT2D eigenvalue weighted by Crippen LogP contribution is 2.23. The lowest BCUT2D eigenvalue weighted by atomic mass is 10.0. The number of carbonyl (C=O) groups is 2. The summed E-state index contributed by atoms with van der Waals surface area (Å²) in [4.78, 5) is 26.0. The van der Waals surface area contributed by atoms with Gasteiger partial charge in [0, 0.05) is 18.7 Å². The first-order valence-corrected chi connectivity index (χ1v) is 6.67. The van der Waals surface area contributed by atoms with Crippen LogP contribution in [0.1, 0.15) is 25.8 Å². The Kier molecular flexibility index (Phi) is 3.88. The van der Waals surface area contributed by atoms with Gasteiger partial charge in [-0.2, -0.15) is 0 Å². The molecular weight excluding hydrogens is 240 g/mol. The normalized spacial score (nSPS) is 20.4. The lowest BCUT2D eigenvalue weighted by Crippen LogP contribution is -2.48. The van der Waals surface area contributed by atoms with E-state index < -0.39 is 6.04 Å². The van der Waals surface area contributed by atoms with Crippen molar-refractivity contribution in [2.45, 2.75) is 33.2 Å². The molecule has 2 rings (SSSR count). The molecule has 4 nitrogen and oxygen atoms in total. The van der Waals surface area contributed by atoms with E-state index in [1.165, 1.54) is 0 Å². The molecule has 0 bridgehead atoms. The largest absolute Gasteiger partial charge is 0.344 e. The second-order valence-electron chi connectivity index (χ2n) is 5.32. The van der Waals surface area contributed by atoms with E-state index in [0.717, 1.165) is 11.3 Å².